The van der Waals surface area contributed by atoms with Crippen LogP contribution in [0, 0.1) is 0 Å². The molecule has 0 fully saturated rings. The summed E-state index contributed by atoms with van der Waals surface area (Å²) in [6.45, 7) is 1.60. The quantitative estimate of drug-likeness (QED) is 0.488. The summed E-state index contributed by atoms with van der Waals surface area (Å²) >= 11 is 0. The van der Waals surface area contributed by atoms with Gasteiger partial charge in [0.15, 0.2) is 0 Å². The Kier molecular flexibility index (Phi) is 5.85. The van der Waals surface area contributed by atoms with Gasteiger partial charge >= 0.3 is 0 Å². The summed E-state index contributed by atoms with van der Waals surface area (Å²) in [5, 5.41) is 0. The molecular weight excluding hydrogens is 92.1 g/mol. The van der Waals surface area contributed by atoms with Gasteiger partial charge in [-0.25, -0.2) is 0 Å². The molecule has 0 aromatic carbocycles. The fourth-order valence-corrected chi connectivity index (χ4v) is 0.348. The van der Waals surface area contributed by atoms with Gasteiger partial charge in [-0.1, -0.05) is 0 Å². The van der Waals surface area contributed by atoms with Crippen LogP contribution in [-0.4, -0.2) is 27.4 Å². The summed E-state index contributed by atoms with van der Waals surface area (Å²) in [4.78, 5) is 0. The number of methoxy groups -OCH3 is 2. The van der Waals surface area contributed by atoms with E-state index in [0.29, 0.717) is 0 Å². The standard InChI is InChI=1S/C5H12O2/c1-6-4-3-5-7-2/h3-5H2,1-2H3. The minimum absolute atomic E-state index is 0.799. The van der Waals surface area contributed by atoms with Crippen LogP contribution in [0.25, 0.3) is 0 Å². The van der Waals surface area contributed by atoms with Crippen LogP contribution in [0.3, 0.4) is 0 Å². The summed E-state index contributed by atoms with van der Waals surface area (Å²) in [5.74, 6) is 0. The minimum atomic E-state index is 0.799. The van der Waals surface area contributed by atoms with Crippen LogP contribution in [0.5, 0.6) is 0 Å². The largest absolute Gasteiger partial charge is 0.385 e. The van der Waals surface area contributed by atoms with Gasteiger partial charge in [0, 0.05) is 27.4 Å². The molecule has 7 heavy (non-hydrogen) atoms. The third kappa shape index (κ3) is 5.92. The van der Waals surface area contributed by atoms with E-state index in [1.807, 2.05) is 0 Å². The van der Waals surface area contributed by atoms with Crippen LogP contribution in [0.2, 0.25) is 0 Å². The molecule has 0 aromatic heterocycles. The highest BCUT2D eigenvalue weighted by molar-refractivity contribution is 4.28. The van der Waals surface area contributed by atoms with Gasteiger partial charge in [0.2, 0.25) is 0 Å². The lowest BCUT2D eigenvalue weighted by Gasteiger charge is -1.94. The Morgan fingerprint density at radius 1 is 1.00 bits per heavy atom. The van der Waals surface area contributed by atoms with E-state index < -0.39 is 0 Å². The highest BCUT2D eigenvalue weighted by Crippen LogP contribution is 1.78. The molecule has 0 bridgehead atoms. The molecule has 2 heteroatoms. The third-order valence-corrected chi connectivity index (χ3v) is 0.697. The molecule has 0 saturated carbocycles. The molecule has 0 rings (SSSR count). The van der Waals surface area contributed by atoms with Crippen molar-refractivity contribution in [2.75, 3.05) is 27.4 Å². The van der Waals surface area contributed by atoms with Gasteiger partial charge < -0.3 is 9.47 Å². The first-order chi connectivity index (χ1) is 3.41. The van der Waals surface area contributed by atoms with Crippen molar-refractivity contribution < 1.29 is 9.47 Å². The van der Waals surface area contributed by atoms with E-state index >= 15 is 0 Å². The Morgan fingerprint density at radius 2 is 1.43 bits per heavy atom. The Bertz CT molecular complexity index is 25.3. The number of rotatable bonds is 4. The summed E-state index contributed by atoms with van der Waals surface area (Å²) < 4.78 is 9.53. The monoisotopic (exact) mass is 104 g/mol. The SMILES string of the molecule is COCCCOC. The van der Waals surface area contributed by atoms with Crippen molar-refractivity contribution >= 4 is 0 Å². The number of hydrogen-bond donors (Lipinski definition) is 0. The Labute approximate surface area is 44.4 Å². The third-order valence-electron chi connectivity index (χ3n) is 0.697. The fraction of sp³-hybridized carbons (Fsp3) is 1.00. The summed E-state index contributed by atoms with van der Waals surface area (Å²) in [6, 6.07) is 0. The van der Waals surface area contributed by atoms with Crippen LogP contribution in [0.15, 0.2) is 0 Å². The lowest BCUT2D eigenvalue weighted by atomic mass is 10.5. The normalized spacial score (nSPS) is 9.43. The Hall–Kier alpha value is -0.0800. The molecule has 0 heterocycles. The molecule has 0 N–H and O–H groups in total. The minimum Gasteiger partial charge on any atom is -0.385 e. The summed E-state index contributed by atoms with van der Waals surface area (Å²) in [6.07, 6.45) is 0.993. The second kappa shape index (κ2) is 5.92. The molecule has 0 aliphatic rings. The molecule has 0 amide bonds. The van der Waals surface area contributed by atoms with Gasteiger partial charge in [0.25, 0.3) is 0 Å². The highest BCUT2D eigenvalue weighted by atomic mass is 16.5. The summed E-state index contributed by atoms with van der Waals surface area (Å²) in [7, 11) is 3.38. The lowest BCUT2D eigenvalue weighted by Crippen LogP contribution is -1.94. The zero-order valence-electron chi connectivity index (χ0n) is 4.94. The Balaban J connectivity index is 2.45. The zero-order chi connectivity index (χ0) is 5.54. The van der Waals surface area contributed by atoms with Crippen molar-refractivity contribution in [3.05, 3.63) is 0 Å². The fourth-order valence-electron chi connectivity index (χ4n) is 0.348. The van der Waals surface area contributed by atoms with Gasteiger partial charge in [-0.2, -0.15) is 0 Å². The second-order valence-corrected chi connectivity index (χ2v) is 1.34. The first kappa shape index (κ1) is 6.92. The zero-order valence-corrected chi connectivity index (χ0v) is 4.94. The molecule has 0 aliphatic carbocycles. The van der Waals surface area contributed by atoms with E-state index in [9.17, 15) is 0 Å². The van der Waals surface area contributed by atoms with Crippen molar-refractivity contribution in [2.24, 2.45) is 0 Å². The van der Waals surface area contributed by atoms with Crippen molar-refractivity contribution in [3.63, 3.8) is 0 Å². The molecule has 0 aliphatic heterocycles. The van der Waals surface area contributed by atoms with Crippen LogP contribution in [0.1, 0.15) is 6.42 Å². The van der Waals surface area contributed by atoms with E-state index in [1.165, 1.54) is 0 Å². The molecule has 0 saturated heterocycles. The average molecular weight is 104 g/mol. The van der Waals surface area contributed by atoms with E-state index in [-0.39, 0.29) is 0 Å². The molecule has 2 nitrogen and oxygen atoms in total. The molecule has 0 atom stereocenters. The topological polar surface area (TPSA) is 18.5 Å². The highest BCUT2D eigenvalue weighted by Gasteiger charge is 1.79. The molecule has 0 aromatic rings. The van der Waals surface area contributed by atoms with Crippen molar-refractivity contribution in [2.45, 2.75) is 6.42 Å². The molecule has 0 radical (unpaired) electrons. The van der Waals surface area contributed by atoms with Gasteiger partial charge in [-0.15, -0.1) is 0 Å². The maximum atomic E-state index is 4.76. The van der Waals surface area contributed by atoms with Crippen molar-refractivity contribution in [3.8, 4) is 0 Å². The molecular formula is C5H12O2. The van der Waals surface area contributed by atoms with Gasteiger partial charge in [-0.3, -0.25) is 0 Å². The smallest absolute Gasteiger partial charge is 0.0484 e. The maximum absolute atomic E-state index is 4.76. The first-order valence-electron chi connectivity index (χ1n) is 2.39. The van der Waals surface area contributed by atoms with E-state index in [2.05, 4.69) is 0 Å². The molecule has 44 valence electrons. The molecule has 0 unspecified atom stereocenters. The second-order valence-electron chi connectivity index (χ2n) is 1.34. The predicted molar refractivity (Wildman–Crippen MR) is 28.4 cm³/mol. The van der Waals surface area contributed by atoms with E-state index in [4.69, 9.17) is 9.47 Å². The maximum Gasteiger partial charge on any atom is 0.0484 e. The van der Waals surface area contributed by atoms with Gasteiger partial charge in [-0.05, 0) is 6.42 Å². The van der Waals surface area contributed by atoms with Crippen molar-refractivity contribution in [1.29, 1.82) is 0 Å². The average Bonchev–Trinajstić information content (AvgIpc) is 1.69. The van der Waals surface area contributed by atoms with Gasteiger partial charge in [0.1, 0.15) is 0 Å². The predicted octanol–water partition coefficient (Wildman–Crippen LogP) is 0.669. The summed E-state index contributed by atoms with van der Waals surface area (Å²) in [5.41, 5.74) is 0. The Morgan fingerprint density at radius 3 is 1.71 bits per heavy atom. The molecule has 0 spiro atoms. The lowest BCUT2D eigenvalue weighted by molar-refractivity contribution is 0.138. The van der Waals surface area contributed by atoms with Crippen LogP contribution in [-0.2, 0) is 9.47 Å². The van der Waals surface area contributed by atoms with E-state index in [0.717, 1.165) is 19.6 Å². The number of ether oxygens (including phenoxy) is 2. The van der Waals surface area contributed by atoms with Gasteiger partial charge in [0.05, 0.1) is 0 Å². The van der Waals surface area contributed by atoms with Crippen LogP contribution in [0.4, 0.5) is 0 Å². The first-order valence-corrected chi connectivity index (χ1v) is 2.39. The van der Waals surface area contributed by atoms with E-state index in [1.54, 1.807) is 14.2 Å². The van der Waals surface area contributed by atoms with Crippen molar-refractivity contribution in [1.82, 2.24) is 0 Å². The number of hydrogen-bond acceptors (Lipinski definition) is 2. The van der Waals surface area contributed by atoms with Crippen LogP contribution < -0.4 is 0 Å². The van der Waals surface area contributed by atoms with Crippen LogP contribution >= 0.6 is 0 Å².